The van der Waals surface area contributed by atoms with Crippen LogP contribution in [-0.4, -0.2) is 24.2 Å². The van der Waals surface area contributed by atoms with Crippen molar-refractivity contribution in [1.29, 1.82) is 0 Å². The van der Waals surface area contributed by atoms with Gasteiger partial charge in [-0.25, -0.2) is 0 Å². The molecule has 0 aliphatic heterocycles. The number of halogens is 4. The number of para-hydroxylation sites is 1. The summed E-state index contributed by atoms with van der Waals surface area (Å²) in [4.78, 5) is 24.5. The van der Waals surface area contributed by atoms with Crippen molar-refractivity contribution < 1.29 is 27.5 Å². The first kappa shape index (κ1) is 22.1. The smallest absolute Gasteiger partial charge is 0.418 e. The summed E-state index contributed by atoms with van der Waals surface area (Å²) < 4.78 is 43.5. The molecule has 0 atom stereocenters. The lowest BCUT2D eigenvalue weighted by atomic mass is 10.1. The second-order valence-electron chi connectivity index (χ2n) is 5.66. The standard InChI is InChI=1S/C19H17ClF3NO3S/c20-13-7-9-14(10-8-13)28-11-3-6-18(26)27-12-17(25)24-16-5-2-1-4-15(16)19(21,22)23/h1-2,4-5,7-10H,3,6,11-12H2,(H,24,25). The number of anilines is 1. The van der Waals surface area contributed by atoms with Crippen LogP contribution in [0.25, 0.3) is 0 Å². The molecule has 4 nitrogen and oxygen atoms in total. The molecule has 1 N–H and O–H groups in total. The number of carbonyl (C=O) groups is 2. The van der Waals surface area contributed by atoms with Crippen LogP contribution < -0.4 is 5.32 Å². The number of carbonyl (C=O) groups excluding carboxylic acids is 2. The number of esters is 1. The highest BCUT2D eigenvalue weighted by Crippen LogP contribution is 2.34. The van der Waals surface area contributed by atoms with E-state index in [1.807, 2.05) is 12.1 Å². The van der Waals surface area contributed by atoms with E-state index in [4.69, 9.17) is 16.3 Å². The van der Waals surface area contributed by atoms with Crippen LogP contribution in [0.5, 0.6) is 0 Å². The van der Waals surface area contributed by atoms with Crippen LogP contribution in [0.2, 0.25) is 5.02 Å². The molecule has 2 rings (SSSR count). The molecule has 0 aliphatic carbocycles. The van der Waals surface area contributed by atoms with Crippen LogP contribution in [-0.2, 0) is 20.5 Å². The minimum absolute atomic E-state index is 0.104. The van der Waals surface area contributed by atoms with Gasteiger partial charge in [-0.05, 0) is 48.6 Å². The molecule has 28 heavy (non-hydrogen) atoms. The molecule has 2 aromatic rings. The highest BCUT2D eigenvalue weighted by molar-refractivity contribution is 7.99. The van der Waals surface area contributed by atoms with E-state index < -0.39 is 30.2 Å². The van der Waals surface area contributed by atoms with E-state index in [0.29, 0.717) is 17.2 Å². The molecule has 0 bridgehead atoms. The molecule has 1 amide bonds. The number of nitrogens with one attached hydrogen (secondary N) is 1. The van der Waals surface area contributed by atoms with E-state index >= 15 is 0 Å². The fourth-order valence-electron chi connectivity index (χ4n) is 2.18. The number of amides is 1. The molecule has 0 aromatic heterocycles. The molecular weight excluding hydrogens is 415 g/mol. The van der Waals surface area contributed by atoms with Gasteiger partial charge in [0.2, 0.25) is 0 Å². The molecular formula is C19H17ClF3NO3S. The number of thioether (sulfide) groups is 1. The first-order valence-corrected chi connectivity index (χ1v) is 9.62. The van der Waals surface area contributed by atoms with Crippen molar-refractivity contribution >= 4 is 40.9 Å². The monoisotopic (exact) mass is 431 g/mol. The Morgan fingerprint density at radius 2 is 1.75 bits per heavy atom. The first-order valence-electron chi connectivity index (χ1n) is 8.26. The minimum Gasteiger partial charge on any atom is -0.456 e. The van der Waals surface area contributed by atoms with Crippen molar-refractivity contribution in [2.24, 2.45) is 0 Å². The highest BCUT2D eigenvalue weighted by Gasteiger charge is 2.33. The third kappa shape index (κ3) is 7.44. The summed E-state index contributed by atoms with van der Waals surface area (Å²) in [7, 11) is 0. The lowest BCUT2D eigenvalue weighted by Crippen LogP contribution is -2.22. The van der Waals surface area contributed by atoms with E-state index in [0.717, 1.165) is 17.0 Å². The predicted molar refractivity (Wildman–Crippen MR) is 102 cm³/mol. The molecule has 0 fully saturated rings. The molecule has 0 saturated heterocycles. The fourth-order valence-corrected chi connectivity index (χ4v) is 3.16. The van der Waals surface area contributed by atoms with Crippen LogP contribution >= 0.6 is 23.4 Å². The van der Waals surface area contributed by atoms with Crippen molar-refractivity contribution in [2.45, 2.75) is 23.9 Å². The zero-order valence-corrected chi connectivity index (χ0v) is 16.2. The van der Waals surface area contributed by atoms with Crippen LogP contribution in [0.15, 0.2) is 53.4 Å². The zero-order valence-electron chi connectivity index (χ0n) is 14.6. The van der Waals surface area contributed by atoms with Gasteiger partial charge in [0.15, 0.2) is 6.61 Å². The maximum Gasteiger partial charge on any atom is 0.418 e. The van der Waals surface area contributed by atoms with Crippen LogP contribution in [0.4, 0.5) is 18.9 Å². The zero-order chi connectivity index (χ0) is 20.6. The van der Waals surface area contributed by atoms with Crippen molar-refractivity contribution in [2.75, 3.05) is 17.7 Å². The molecule has 0 aliphatic rings. The van der Waals surface area contributed by atoms with Crippen molar-refractivity contribution in [3.63, 3.8) is 0 Å². The fraction of sp³-hybridized carbons (Fsp3) is 0.263. The second-order valence-corrected chi connectivity index (χ2v) is 7.26. The van der Waals surface area contributed by atoms with Gasteiger partial charge in [-0.1, -0.05) is 23.7 Å². The minimum atomic E-state index is -4.59. The second kappa shape index (κ2) is 10.4. The van der Waals surface area contributed by atoms with Gasteiger partial charge in [-0.3, -0.25) is 9.59 Å². The van der Waals surface area contributed by atoms with Gasteiger partial charge in [0.05, 0.1) is 11.3 Å². The maximum absolute atomic E-state index is 12.9. The van der Waals surface area contributed by atoms with E-state index in [9.17, 15) is 22.8 Å². The highest BCUT2D eigenvalue weighted by atomic mass is 35.5. The summed E-state index contributed by atoms with van der Waals surface area (Å²) >= 11 is 7.35. The number of benzene rings is 2. The number of alkyl halides is 3. The summed E-state index contributed by atoms with van der Waals surface area (Å²) in [5, 5.41) is 2.76. The summed E-state index contributed by atoms with van der Waals surface area (Å²) in [6.45, 7) is -0.644. The Morgan fingerprint density at radius 1 is 1.07 bits per heavy atom. The Kier molecular flexibility index (Phi) is 8.19. The Balaban J connectivity index is 1.70. The molecule has 0 heterocycles. The summed E-state index contributed by atoms with van der Waals surface area (Å²) in [6.07, 6.45) is -3.96. The van der Waals surface area contributed by atoms with Gasteiger partial charge in [0, 0.05) is 16.3 Å². The van der Waals surface area contributed by atoms with Crippen LogP contribution in [0, 0.1) is 0 Å². The number of ether oxygens (including phenoxy) is 1. The van der Waals surface area contributed by atoms with Gasteiger partial charge in [0.1, 0.15) is 0 Å². The van der Waals surface area contributed by atoms with Gasteiger partial charge in [-0.2, -0.15) is 13.2 Å². The molecule has 0 spiro atoms. The van der Waals surface area contributed by atoms with Gasteiger partial charge in [0.25, 0.3) is 5.91 Å². The normalized spacial score (nSPS) is 11.1. The molecule has 2 aromatic carbocycles. The molecule has 0 saturated carbocycles. The van der Waals surface area contributed by atoms with Crippen LogP contribution in [0.3, 0.4) is 0 Å². The lowest BCUT2D eigenvalue weighted by molar-refractivity contribution is -0.147. The molecule has 9 heteroatoms. The van der Waals surface area contributed by atoms with Crippen molar-refractivity contribution in [3.8, 4) is 0 Å². The van der Waals surface area contributed by atoms with Crippen LogP contribution in [0.1, 0.15) is 18.4 Å². The molecule has 0 unspecified atom stereocenters. The Bertz CT molecular complexity index is 813. The average Bonchev–Trinajstić information content (AvgIpc) is 2.64. The van der Waals surface area contributed by atoms with E-state index in [1.54, 1.807) is 23.9 Å². The van der Waals surface area contributed by atoms with Gasteiger partial charge in [-0.15, -0.1) is 11.8 Å². The first-order chi connectivity index (χ1) is 13.3. The van der Waals surface area contributed by atoms with E-state index in [-0.39, 0.29) is 12.1 Å². The Hall–Kier alpha value is -2.19. The van der Waals surface area contributed by atoms with Crippen molar-refractivity contribution in [1.82, 2.24) is 0 Å². The lowest BCUT2D eigenvalue weighted by Gasteiger charge is -2.13. The summed E-state index contributed by atoms with van der Waals surface area (Å²) in [5.74, 6) is -0.751. The predicted octanol–water partition coefficient (Wildman–Crippen LogP) is 5.41. The van der Waals surface area contributed by atoms with Crippen molar-refractivity contribution in [3.05, 3.63) is 59.1 Å². The Morgan fingerprint density at radius 3 is 2.43 bits per heavy atom. The average molecular weight is 432 g/mol. The number of rotatable bonds is 8. The Labute approximate surface area is 169 Å². The third-order valence-corrected chi connectivity index (χ3v) is 4.83. The topological polar surface area (TPSA) is 55.4 Å². The van der Waals surface area contributed by atoms with E-state index in [1.165, 1.54) is 12.1 Å². The van der Waals surface area contributed by atoms with E-state index in [2.05, 4.69) is 5.32 Å². The largest absolute Gasteiger partial charge is 0.456 e. The molecule has 0 radical (unpaired) electrons. The summed E-state index contributed by atoms with van der Waals surface area (Å²) in [5.41, 5.74) is -1.34. The maximum atomic E-state index is 12.9. The number of hydrogen-bond donors (Lipinski definition) is 1. The number of hydrogen-bond acceptors (Lipinski definition) is 4. The third-order valence-electron chi connectivity index (χ3n) is 3.48. The SMILES string of the molecule is O=C(COC(=O)CCCSc1ccc(Cl)cc1)Nc1ccccc1C(F)(F)F. The quantitative estimate of drug-likeness (QED) is 0.345. The summed E-state index contributed by atoms with van der Waals surface area (Å²) in [6, 6.07) is 11.9. The van der Waals surface area contributed by atoms with Gasteiger partial charge < -0.3 is 10.1 Å². The van der Waals surface area contributed by atoms with Gasteiger partial charge >= 0.3 is 12.1 Å². The molecule has 150 valence electrons.